The zero-order chi connectivity index (χ0) is 21.6. The number of nitrogens with one attached hydrogen (secondary N) is 1. The molecule has 152 valence electrons. The van der Waals surface area contributed by atoms with Crippen molar-refractivity contribution in [2.45, 2.75) is 6.92 Å². The lowest BCUT2D eigenvalue weighted by molar-refractivity contribution is 0.102. The Hall–Kier alpha value is -2.49. The minimum absolute atomic E-state index is 0.157. The Morgan fingerprint density at radius 1 is 1.20 bits per heavy atom. The molecule has 0 bridgehead atoms. The number of benzene rings is 2. The third kappa shape index (κ3) is 3.80. The lowest BCUT2D eigenvalue weighted by atomic mass is 10.1. The molecule has 2 aromatic heterocycles. The van der Waals surface area contributed by atoms with Crippen LogP contribution >= 0.6 is 38.9 Å². The number of carbonyl (C=O) groups excluding carboxylic acids is 1. The van der Waals surface area contributed by atoms with Gasteiger partial charge in [-0.25, -0.2) is 23.1 Å². The average molecular weight is 513 g/mol. The van der Waals surface area contributed by atoms with Gasteiger partial charge in [0.05, 0.1) is 15.3 Å². The molecule has 0 spiro atoms. The van der Waals surface area contributed by atoms with Crippen LogP contribution in [0.4, 0.5) is 18.9 Å². The molecule has 2 heterocycles. The maximum absolute atomic E-state index is 14.3. The third-order valence-electron chi connectivity index (χ3n) is 4.34. The third-order valence-corrected chi connectivity index (χ3v) is 6.17. The van der Waals surface area contributed by atoms with Gasteiger partial charge in [-0.2, -0.15) is 0 Å². The largest absolute Gasteiger partial charge is 0.322 e. The Labute approximate surface area is 185 Å². The van der Waals surface area contributed by atoms with E-state index in [1.54, 1.807) is 13.1 Å². The summed E-state index contributed by atoms with van der Waals surface area (Å²) in [6.07, 6.45) is 1.61. The number of fused-ring (bicyclic) bond motifs is 1. The second-order valence-corrected chi connectivity index (χ2v) is 8.62. The molecule has 4 nitrogen and oxygen atoms in total. The highest BCUT2D eigenvalue weighted by Gasteiger charge is 2.20. The number of anilines is 1. The van der Waals surface area contributed by atoms with Crippen LogP contribution in [0.5, 0.6) is 0 Å². The highest BCUT2D eigenvalue weighted by Crippen LogP contribution is 2.36. The molecule has 30 heavy (non-hydrogen) atoms. The van der Waals surface area contributed by atoms with Crippen molar-refractivity contribution < 1.29 is 18.0 Å². The molecule has 4 aromatic rings. The van der Waals surface area contributed by atoms with E-state index >= 15 is 0 Å². The van der Waals surface area contributed by atoms with Crippen molar-refractivity contribution in [3.05, 3.63) is 74.6 Å². The summed E-state index contributed by atoms with van der Waals surface area (Å²) >= 11 is 10.4. The molecule has 1 N–H and O–H groups in total. The van der Waals surface area contributed by atoms with Crippen molar-refractivity contribution in [1.29, 1.82) is 0 Å². The van der Waals surface area contributed by atoms with Crippen molar-refractivity contribution >= 4 is 60.8 Å². The second-order valence-electron chi connectivity index (χ2n) is 6.30. The number of rotatable bonds is 3. The van der Waals surface area contributed by atoms with E-state index in [1.807, 2.05) is 6.07 Å². The first kappa shape index (κ1) is 20.8. The van der Waals surface area contributed by atoms with Gasteiger partial charge in [-0.3, -0.25) is 4.79 Å². The molecule has 0 fully saturated rings. The topological polar surface area (TPSA) is 54.9 Å². The van der Waals surface area contributed by atoms with Crippen LogP contribution < -0.4 is 5.32 Å². The van der Waals surface area contributed by atoms with Crippen molar-refractivity contribution in [3.63, 3.8) is 0 Å². The van der Waals surface area contributed by atoms with Crippen LogP contribution in [0.15, 0.2) is 41.0 Å². The second kappa shape index (κ2) is 7.98. The summed E-state index contributed by atoms with van der Waals surface area (Å²) in [5.74, 6) is -3.89. The maximum atomic E-state index is 14.3. The van der Waals surface area contributed by atoms with Gasteiger partial charge in [-0.1, -0.05) is 11.6 Å². The molecule has 0 aliphatic heterocycles. The summed E-state index contributed by atoms with van der Waals surface area (Å²) in [5.41, 5.74) is 1.42. The standard InChI is InChI=1S/C20H10BrClF3N3OS/c1-8-12(20-28-18-15(30-20)4-9(21)7-26-18)5-10(23)6-14(8)27-19(29)11-2-3-13(24)17(25)16(11)22/h2-7H,1H3,(H,27,29). The minimum atomic E-state index is -1.32. The summed E-state index contributed by atoms with van der Waals surface area (Å²) in [7, 11) is 0. The van der Waals surface area contributed by atoms with E-state index in [1.165, 1.54) is 17.4 Å². The first-order valence-corrected chi connectivity index (χ1v) is 10.4. The molecule has 0 saturated heterocycles. The number of halogens is 5. The number of amides is 1. The molecule has 0 radical (unpaired) electrons. The molecule has 10 heteroatoms. The van der Waals surface area contributed by atoms with E-state index in [0.717, 1.165) is 27.4 Å². The summed E-state index contributed by atoms with van der Waals surface area (Å²) in [5, 5.41) is 2.38. The van der Waals surface area contributed by atoms with Gasteiger partial charge in [0.2, 0.25) is 0 Å². The van der Waals surface area contributed by atoms with Crippen LogP contribution in [-0.4, -0.2) is 15.9 Å². The van der Waals surface area contributed by atoms with E-state index in [4.69, 9.17) is 11.6 Å². The molecule has 0 aliphatic rings. The molecule has 0 unspecified atom stereocenters. The smallest absolute Gasteiger partial charge is 0.257 e. The Morgan fingerprint density at radius 2 is 1.97 bits per heavy atom. The van der Waals surface area contributed by atoms with Crippen LogP contribution in [-0.2, 0) is 0 Å². The first-order valence-electron chi connectivity index (χ1n) is 8.42. The van der Waals surface area contributed by atoms with E-state index in [-0.39, 0.29) is 11.3 Å². The van der Waals surface area contributed by atoms with Crippen molar-refractivity contribution in [2.24, 2.45) is 0 Å². The van der Waals surface area contributed by atoms with E-state index in [9.17, 15) is 18.0 Å². The lowest BCUT2D eigenvalue weighted by Gasteiger charge is -2.13. The molecule has 2 aromatic carbocycles. The fourth-order valence-electron chi connectivity index (χ4n) is 2.83. The zero-order valence-corrected chi connectivity index (χ0v) is 18.2. The number of hydrogen-bond acceptors (Lipinski definition) is 4. The van der Waals surface area contributed by atoms with Gasteiger partial charge in [0.1, 0.15) is 10.8 Å². The monoisotopic (exact) mass is 511 g/mol. The summed E-state index contributed by atoms with van der Waals surface area (Å²) in [6.45, 7) is 1.69. The number of nitrogens with zero attached hydrogens (tertiary/aromatic N) is 2. The molecule has 0 aliphatic carbocycles. The summed E-state index contributed by atoms with van der Waals surface area (Å²) < 4.78 is 42.9. The maximum Gasteiger partial charge on any atom is 0.257 e. The predicted molar refractivity (Wildman–Crippen MR) is 115 cm³/mol. The van der Waals surface area contributed by atoms with Gasteiger partial charge in [-0.05, 0) is 58.7 Å². The van der Waals surface area contributed by atoms with E-state index < -0.39 is 28.4 Å². The van der Waals surface area contributed by atoms with Gasteiger partial charge in [0, 0.05) is 21.9 Å². The highest BCUT2D eigenvalue weighted by molar-refractivity contribution is 9.10. The van der Waals surface area contributed by atoms with Gasteiger partial charge in [-0.15, -0.1) is 11.3 Å². The average Bonchev–Trinajstić information content (AvgIpc) is 3.11. The van der Waals surface area contributed by atoms with Crippen molar-refractivity contribution in [1.82, 2.24) is 9.97 Å². The number of aromatic nitrogens is 2. The Balaban J connectivity index is 1.74. The number of pyridine rings is 1. The molecular formula is C20H10BrClF3N3OS. The van der Waals surface area contributed by atoms with Gasteiger partial charge in [0.25, 0.3) is 5.91 Å². The number of carbonyl (C=O) groups is 1. The first-order chi connectivity index (χ1) is 14.2. The van der Waals surface area contributed by atoms with Gasteiger partial charge >= 0.3 is 0 Å². The predicted octanol–water partition coefficient (Wildman–Crippen LogP) is 6.75. The molecule has 4 rings (SSSR count). The van der Waals surface area contributed by atoms with Crippen LogP contribution in [0.25, 0.3) is 20.9 Å². The SMILES string of the molecule is Cc1c(NC(=O)c2ccc(F)c(F)c2Cl)cc(F)cc1-c1nc2ncc(Br)cc2s1. The zero-order valence-electron chi connectivity index (χ0n) is 15.1. The van der Waals surface area contributed by atoms with Crippen LogP contribution in [0.2, 0.25) is 5.02 Å². The summed E-state index contributed by atoms with van der Waals surface area (Å²) in [4.78, 5) is 21.2. The van der Waals surface area contributed by atoms with Gasteiger partial charge in [0.15, 0.2) is 17.3 Å². The minimum Gasteiger partial charge on any atom is -0.322 e. The van der Waals surface area contributed by atoms with Crippen molar-refractivity contribution in [2.75, 3.05) is 5.32 Å². The van der Waals surface area contributed by atoms with Crippen molar-refractivity contribution in [3.8, 4) is 10.6 Å². The van der Waals surface area contributed by atoms with Crippen LogP contribution in [0, 0.1) is 24.4 Å². The fraction of sp³-hybridized carbons (Fsp3) is 0.0500. The van der Waals surface area contributed by atoms with E-state index in [0.29, 0.717) is 21.8 Å². The molecule has 0 atom stereocenters. The van der Waals surface area contributed by atoms with Gasteiger partial charge < -0.3 is 5.32 Å². The Kier molecular flexibility index (Phi) is 5.52. The number of thiazole rings is 1. The van der Waals surface area contributed by atoms with Crippen LogP contribution in [0.1, 0.15) is 15.9 Å². The van der Waals surface area contributed by atoms with E-state index in [2.05, 4.69) is 31.2 Å². The molecule has 0 saturated carbocycles. The quantitative estimate of drug-likeness (QED) is 0.309. The Morgan fingerprint density at radius 3 is 2.73 bits per heavy atom. The normalized spacial score (nSPS) is 11.1. The highest BCUT2D eigenvalue weighted by atomic mass is 79.9. The van der Waals surface area contributed by atoms with Crippen LogP contribution in [0.3, 0.4) is 0 Å². The lowest BCUT2D eigenvalue weighted by Crippen LogP contribution is -2.14. The summed E-state index contributed by atoms with van der Waals surface area (Å²) in [6, 6.07) is 6.15. The molecular weight excluding hydrogens is 503 g/mol. The molecule has 1 amide bonds. The fourth-order valence-corrected chi connectivity index (χ4v) is 4.59. The Bertz CT molecular complexity index is 1330. The number of hydrogen-bond donors (Lipinski definition) is 1.